The molecular formula is C20H19N3O2. The van der Waals surface area contributed by atoms with Crippen molar-refractivity contribution in [3.63, 3.8) is 0 Å². The van der Waals surface area contributed by atoms with Crippen LogP contribution >= 0.6 is 0 Å². The molecule has 1 amide bonds. The highest BCUT2D eigenvalue weighted by Crippen LogP contribution is 2.38. The Morgan fingerprint density at radius 2 is 1.84 bits per heavy atom. The van der Waals surface area contributed by atoms with Crippen LogP contribution in [0.15, 0.2) is 60.8 Å². The molecular weight excluding hydrogens is 314 g/mol. The number of carbonyl (C=O) groups excluding carboxylic acids is 1. The van der Waals surface area contributed by atoms with Crippen LogP contribution in [0.4, 0.5) is 5.82 Å². The fourth-order valence-electron chi connectivity index (χ4n) is 3.18. The number of fused-ring (bicyclic) bond motifs is 1. The minimum absolute atomic E-state index is 0.00426. The van der Waals surface area contributed by atoms with E-state index in [4.69, 9.17) is 4.74 Å². The van der Waals surface area contributed by atoms with E-state index in [1.54, 1.807) is 10.9 Å². The van der Waals surface area contributed by atoms with Gasteiger partial charge in [-0.2, -0.15) is 5.10 Å². The smallest absolute Gasteiger partial charge is 0.267 e. The Bertz CT molecular complexity index is 918. The lowest BCUT2D eigenvalue weighted by Crippen LogP contribution is -2.34. The van der Waals surface area contributed by atoms with E-state index in [0.29, 0.717) is 5.82 Å². The molecule has 1 aromatic heterocycles. The van der Waals surface area contributed by atoms with Crippen LogP contribution in [-0.4, -0.2) is 21.8 Å². The van der Waals surface area contributed by atoms with Crippen LogP contribution in [0.5, 0.6) is 5.75 Å². The van der Waals surface area contributed by atoms with Gasteiger partial charge in [-0.3, -0.25) is 4.79 Å². The summed E-state index contributed by atoms with van der Waals surface area (Å²) in [6, 6.07) is 17.5. The van der Waals surface area contributed by atoms with Crippen molar-refractivity contribution in [2.75, 3.05) is 5.32 Å². The molecule has 3 aromatic rings. The lowest BCUT2D eigenvalue weighted by molar-refractivity contribution is -0.122. The molecule has 0 spiro atoms. The third kappa shape index (κ3) is 2.67. The number of carbonyl (C=O) groups is 1. The molecule has 2 heterocycles. The van der Waals surface area contributed by atoms with Crippen molar-refractivity contribution in [1.29, 1.82) is 0 Å². The molecule has 1 aliphatic heterocycles. The summed E-state index contributed by atoms with van der Waals surface area (Å²) in [5.41, 5.74) is 2.87. The Morgan fingerprint density at radius 1 is 1.12 bits per heavy atom. The van der Waals surface area contributed by atoms with E-state index in [1.807, 2.05) is 68.4 Å². The molecule has 0 bridgehead atoms. The highest BCUT2D eigenvalue weighted by atomic mass is 16.5. The number of nitrogens with zero attached hydrogens (tertiary/aromatic N) is 2. The maximum Gasteiger partial charge on any atom is 0.267 e. The standard InChI is InChI=1S/C20H19N3O2/c1-13-12-21-23(15-8-4-3-5-9-15)19(13)22-20(24)18-14(2)16-10-6-7-11-17(16)25-18/h3-12,14,18H,1-2H3,(H,22,24)/t14-,18-/m0/s1. The number of ether oxygens (including phenoxy) is 1. The molecule has 2 atom stereocenters. The molecule has 0 radical (unpaired) electrons. The molecule has 4 rings (SSSR count). The van der Waals surface area contributed by atoms with Gasteiger partial charge in [0.1, 0.15) is 11.6 Å². The number of anilines is 1. The number of benzene rings is 2. The second-order valence-electron chi connectivity index (χ2n) is 6.28. The van der Waals surface area contributed by atoms with Crippen molar-refractivity contribution in [2.24, 2.45) is 0 Å². The van der Waals surface area contributed by atoms with Gasteiger partial charge in [-0.25, -0.2) is 4.68 Å². The summed E-state index contributed by atoms with van der Waals surface area (Å²) < 4.78 is 7.61. The Kier molecular flexibility index (Phi) is 3.76. The predicted molar refractivity (Wildman–Crippen MR) is 96.2 cm³/mol. The normalized spacial score (nSPS) is 18.5. The van der Waals surface area contributed by atoms with E-state index in [2.05, 4.69) is 10.4 Å². The fourth-order valence-corrected chi connectivity index (χ4v) is 3.18. The zero-order valence-electron chi connectivity index (χ0n) is 14.1. The van der Waals surface area contributed by atoms with Crippen LogP contribution in [0.25, 0.3) is 5.69 Å². The van der Waals surface area contributed by atoms with Gasteiger partial charge in [-0.05, 0) is 25.1 Å². The first-order valence-corrected chi connectivity index (χ1v) is 8.31. The third-order valence-electron chi connectivity index (χ3n) is 4.57. The first kappa shape index (κ1) is 15.4. The van der Waals surface area contributed by atoms with Crippen molar-refractivity contribution >= 4 is 11.7 Å². The maximum atomic E-state index is 12.9. The minimum atomic E-state index is -0.545. The van der Waals surface area contributed by atoms with Crippen molar-refractivity contribution in [2.45, 2.75) is 25.9 Å². The largest absolute Gasteiger partial charge is 0.480 e. The summed E-state index contributed by atoms with van der Waals surface area (Å²) in [5.74, 6) is 1.29. The van der Waals surface area contributed by atoms with Gasteiger partial charge >= 0.3 is 0 Å². The van der Waals surface area contributed by atoms with Gasteiger partial charge < -0.3 is 10.1 Å². The Labute approximate surface area is 146 Å². The second-order valence-corrected chi connectivity index (χ2v) is 6.28. The number of hydrogen-bond donors (Lipinski definition) is 1. The molecule has 5 nitrogen and oxygen atoms in total. The maximum absolute atomic E-state index is 12.9. The van der Waals surface area contributed by atoms with Gasteiger partial charge in [-0.1, -0.05) is 43.3 Å². The lowest BCUT2D eigenvalue weighted by Gasteiger charge is -2.16. The number of rotatable bonds is 3. The minimum Gasteiger partial charge on any atom is -0.480 e. The Balaban J connectivity index is 1.60. The molecule has 0 aliphatic carbocycles. The molecule has 0 saturated heterocycles. The van der Waals surface area contributed by atoms with E-state index in [1.165, 1.54) is 0 Å². The highest BCUT2D eigenvalue weighted by molar-refractivity contribution is 5.95. The number of para-hydroxylation sites is 2. The van der Waals surface area contributed by atoms with E-state index in [9.17, 15) is 4.79 Å². The van der Waals surface area contributed by atoms with Crippen LogP contribution in [0.1, 0.15) is 24.0 Å². The van der Waals surface area contributed by atoms with E-state index < -0.39 is 6.10 Å². The topological polar surface area (TPSA) is 56.2 Å². The molecule has 0 saturated carbocycles. The number of aromatic nitrogens is 2. The molecule has 1 aliphatic rings. The van der Waals surface area contributed by atoms with Crippen LogP contribution in [-0.2, 0) is 4.79 Å². The molecule has 126 valence electrons. The SMILES string of the molecule is Cc1cnn(-c2ccccc2)c1NC(=O)[C@H]1Oc2ccccc2[C@@H]1C. The molecule has 25 heavy (non-hydrogen) atoms. The monoisotopic (exact) mass is 333 g/mol. The molecule has 1 N–H and O–H groups in total. The van der Waals surface area contributed by atoms with Gasteiger partial charge in [0.15, 0.2) is 6.10 Å². The Morgan fingerprint density at radius 3 is 2.60 bits per heavy atom. The van der Waals surface area contributed by atoms with Crippen LogP contribution in [0, 0.1) is 6.92 Å². The number of aryl methyl sites for hydroxylation is 1. The molecule has 5 heteroatoms. The fraction of sp³-hybridized carbons (Fsp3) is 0.200. The summed E-state index contributed by atoms with van der Waals surface area (Å²) in [4.78, 5) is 12.9. The van der Waals surface area contributed by atoms with Gasteiger partial charge in [0.05, 0.1) is 11.9 Å². The average Bonchev–Trinajstić information content (AvgIpc) is 3.17. The highest BCUT2D eigenvalue weighted by Gasteiger charge is 2.36. The summed E-state index contributed by atoms with van der Waals surface area (Å²) in [6.07, 6.45) is 1.20. The van der Waals surface area contributed by atoms with Crippen LogP contribution in [0.3, 0.4) is 0 Å². The lowest BCUT2D eigenvalue weighted by atomic mass is 9.97. The quantitative estimate of drug-likeness (QED) is 0.795. The average molecular weight is 333 g/mol. The van der Waals surface area contributed by atoms with Crippen LogP contribution in [0.2, 0.25) is 0 Å². The van der Waals surface area contributed by atoms with Gasteiger partial charge in [0, 0.05) is 17.0 Å². The molecule has 0 unspecified atom stereocenters. The van der Waals surface area contributed by atoms with Crippen LogP contribution < -0.4 is 10.1 Å². The van der Waals surface area contributed by atoms with E-state index in [-0.39, 0.29) is 11.8 Å². The van der Waals surface area contributed by atoms with E-state index in [0.717, 1.165) is 22.6 Å². The first-order valence-electron chi connectivity index (χ1n) is 8.31. The third-order valence-corrected chi connectivity index (χ3v) is 4.57. The molecule has 0 fully saturated rings. The summed E-state index contributed by atoms with van der Waals surface area (Å²) >= 11 is 0. The zero-order valence-corrected chi connectivity index (χ0v) is 14.1. The van der Waals surface area contributed by atoms with Crippen molar-refractivity contribution in [3.8, 4) is 11.4 Å². The first-order chi connectivity index (χ1) is 12.1. The van der Waals surface area contributed by atoms with Crippen molar-refractivity contribution < 1.29 is 9.53 Å². The van der Waals surface area contributed by atoms with Gasteiger partial charge in [-0.15, -0.1) is 0 Å². The van der Waals surface area contributed by atoms with Gasteiger partial charge in [0.25, 0.3) is 5.91 Å². The second kappa shape index (κ2) is 6.09. The van der Waals surface area contributed by atoms with Crippen molar-refractivity contribution in [1.82, 2.24) is 9.78 Å². The predicted octanol–water partition coefficient (Wildman–Crippen LogP) is 3.68. The van der Waals surface area contributed by atoms with E-state index >= 15 is 0 Å². The Hall–Kier alpha value is -3.08. The number of amides is 1. The summed E-state index contributed by atoms with van der Waals surface area (Å²) in [6.45, 7) is 3.94. The molecule has 2 aromatic carbocycles. The zero-order chi connectivity index (χ0) is 17.4. The number of nitrogens with one attached hydrogen (secondary N) is 1. The van der Waals surface area contributed by atoms with Crippen molar-refractivity contribution in [3.05, 3.63) is 71.9 Å². The summed E-state index contributed by atoms with van der Waals surface area (Å²) in [5, 5.41) is 7.39. The number of hydrogen-bond acceptors (Lipinski definition) is 3. The summed E-state index contributed by atoms with van der Waals surface area (Å²) in [7, 11) is 0. The van der Waals surface area contributed by atoms with Gasteiger partial charge in [0.2, 0.25) is 0 Å².